The molecule has 0 spiro atoms. The van der Waals surface area contributed by atoms with Crippen molar-refractivity contribution in [2.24, 2.45) is 5.10 Å². The van der Waals surface area contributed by atoms with Crippen LogP contribution >= 0.6 is 0 Å². The van der Waals surface area contributed by atoms with E-state index in [1.54, 1.807) is 17.8 Å². The molecule has 2 heterocycles. The SMILES string of the molecule is CCOC(=O)c1cnc2c(cnn2C(C)C)c1NN=C(C)C. The predicted octanol–water partition coefficient (Wildman–Crippen LogP) is 3.00. The molecule has 0 amide bonds. The van der Waals surface area contributed by atoms with E-state index >= 15 is 0 Å². The summed E-state index contributed by atoms with van der Waals surface area (Å²) in [7, 11) is 0. The summed E-state index contributed by atoms with van der Waals surface area (Å²) in [4.78, 5) is 16.5. The molecular formula is C15H21N5O2. The fraction of sp³-hybridized carbons (Fsp3) is 0.467. The molecule has 0 saturated heterocycles. The van der Waals surface area contributed by atoms with Crippen LogP contribution in [0, 0.1) is 0 Å². The highest BCUT2D eigenvalue weighted by molar-refractivity contribution is 6.04. The molecule has 2 aromatic heterocycles. The number of hydrogen-bond acceptors (Lipinski definition) is 6. The van der Waals surface area contributed by atoms with Crippen molar-refractivity contribution in [2.45, 2.75) is 40.7 Å². The fourth-order valence-corrected chi connectivity index (χ4v) is 2.03. The van der Waals surface area contributed by atoms with E-state index in [1.807, 2.05) is 27.7 Å². The van der Waals surface area contributed by atoms with Gasteiger partial charge in [0.2, 0.25) is 0 Å². The number of carbonyl (C=O) groups is 1. The zero-order valence-corrected chi connectivity index (χ0v) is 13.5. The summed E-state index contributed by atoms with van der Waals surface area (Å²) in [6.07, 6.45) is 3.19. The van der Waals surface area contributed by atoms with Gasteiger partial charge < -0.3 is 4.74 Å². The lowest BCUT2D eigenvalue weighted by atomic mass is 10.2. The Balaban J connectivity index is 2.62. The molecule has 0 bridgehead atoms. The van der Waals surface area contributed by atoms with Crippen LogP contribution in [0.25, 0.3) is 11.0 Å². The second kappa shape index (κ2) is 6.55. The van der Waals surface area contributed by atoms with Crippen LogP contribution in [0.4, 0.5) is 5.69 Å². The number of carbonyl (C=O) groups excluding carboxylic acids is 1. The average molecular weight is 303 g/mol. The van der Waals surface area contributed by atoms with E-state index in [0.29, 0.717) is 23.5 Å². The summed E-state index contributed by atoms with van der Waals surface area (Å²) in [6.45, 7) is 9.85. The van der Waals surface area contributed by atoms with Crippen molar-refractivity contribution in [3.8, 4) is 0 Å². The van der Waals surface area contributed by atoms with Crippen LogP contribution in [0.3, 0.4) is 0 Å². The van der Waals surface area contributed by atoms with Gasteiger partial charge in [-0.15, -0.1) is 0 Å². The van der Waals surface area contributed by atoms with Gasteiger partial charge in [-0.05, 0) is 34.6 Å². The third kappa shape index (κ3) is 3.08. The van der Waals surface area contributed by atoms with E-state index < -0.39 is 5.97 Å². The maximum atomic E-state index is 12.1. The zero-order valence-electron chi connectivity index (χ0n) is 13.5. The van der Waals surface area contributed by atoms with Gasteiger partial charge >= 0.3 is 5.97 Å². The molecule has 0 radical (unpaired) electrons. The molecule has 0 atom stereocenters. The molecule has 0 saturated carbocycles. The molecule has 2 rings (SSSR count). The highest BCUT2D eigenvalue weighted by Gasteiger charge is 2.19. The lowest BCUT2D eigenvalue weighted by Gasteiger charge is -2.11. The largest absolute Gasteiger partial charge is 0.462 e. The molecule has 118 valence electrons. The Morgan fingerprint density at radius 2 is 2.14 bits per heavy atom. The fourth-order valence-electron chi connectivity index (χ4n) is 2.03. The first-order valence-corrected chi connectivity index (χ1v) is 7.26. The van der Waals surface area contributed by atoms with E-state index in [2.05, 4.69) is 20.6 Å². The van der Waals surface area contributed by atoms with Gasteiger partial charge in [-0.2, -0.15) is 10.2 Å². The minimum Gasteiger partial charge on any atom is -0.462 e. The van der Waals surface area contributed by atoms with Crippen LogP contribution < -0.4 is 5.43 Å². The highest BCUT2D eigenvalue weighted by Crippen LogP contribution is 2.28. The van der Waals surface area contributed by atoms with Crippen molar-refractivity contribution in [3.63, 3.8) is 0 Å². The Morgan fingerprint density at radius 1 is 1.41 bits per heavy atom. The van der Waals surface area contributed by atoms with E-state index in [1.165, 1.54) is 6.20 Å². The second-order valence-corrected chi connectivity index (χ2v) is 5.36. The lowest BCUT2D eigenvalue weighted by molar-refractivity contribution is 0.0527. The van der Waals surface area contributed by atoms with Crippen LogP contribution in [-0.4, -0.2) is 33.1 Å². The number of hydrogen-bond donors (Lipinski definition) is 1. The van der Waals surface area contributed by atoms with Gasteiger partial charge in [0.25, 0.3) is 0 Å². The third-order valence-corrected chi connectivity index (χ3v) is 3.00. The Bertz CT molecular complexity index is 714. The quantitative estimate of drug-likeness (QED) is 0.521. The molecule has 7 nitrogen and oxygen atoms in total. The van der Waals surface area contributed by atoms with Crippen LogP contribution in [0.15, 0.2) is 17.5 Å². The van der Waals surface area contributed by atoms with Gasteiger partial charge in [0.1, 0.15) is 5.56 Å². The molecule has 0 unspecified atom stereocenters. The van der Waals surface area contributed by atoms with Crippen LogP contribution in [0.2, 0.25) is 0 Å². The molecular weight excluding hydrogens is 282 g/mol. The molecule has 22 heavy (non-hydrogen) atoms. The maximum absolute atomic E-state index is 12.1. The summed E-state index contributed by atoms with van der Waals surface area (Å²) < 4.78 is 6.89. The monoisotopic (exact) mass is 303 g/mol. The summed E-state index contributed by atoms with van der Waals surface area (Å²) in [5.74, 6) is -0.430. The smallest absolute Gasteiger partial charge is 0.341 e. The number of nitrogens with zero attached hydrogens (tertiary/aromatic N) is 4. The second-order valence-electron chi connectivity index (χ2n) is 5.36. The van der Waals surface area contributed by atoms with Crippen molar-refractivity contribution < 1.29 is 9.53 Å². The topological polar surface area (TPSA) is 81.4 Å². The number of aromatic nitrogens is 3. The summed E-state index contributed by atoms with van der Waals surface area (Å²) in [5, 5.41) is 9.28. The molecule has 7 heteroatoms. The lowest BCUT2D eigenvalue weighted by Crippen LogP contribution is -2.10. The van der Waals surface area contributed by atoms with Gasteiger partial charge in [0.05, 0.1) is 23.9 Å². The van der Waals surface area contributed by atoms with Gasteiger partial charge in [-0.25, -0.2) is 14.5 Å². The van der Waals surface area contributed by atoms with Crippen LogP contribution in [0.5, 0.6) is 0 Å². The molecule has 0 aromatic carbocycles. The third-order valence-electron chi connectivity index (χ3n) is 3.00. The summed E-state index contributed by atoms with van der Waals surface area (Å²) >= 11 is 0. The van der Waals surface area contributed by atoms with Gasteiger partial charge in [-0.1, -0.05) is 0 Å². The Labute approximate surface area is 129 Å². The number of rotatable bonds is 5. The Kier molecular flexibility index (Phi) is 4.75. The van der Waals surface area contributed by atoms with Crippen molar-refractivity contribution in [3.05, 3.63) is 18.0 Å². The number of esters is 1. The Morgan fingerprint density at radius 3 is 2.73 bits per heavy atom. The number of fused-ring (bicyclic) bond motifs is 1. The molecule has 0 fully saturated rings. The zero-order chi connectivity index (χ0) is 16.3. The Hall–Kier alpha value is -2.44. The predicted molar refractivity (Wildman–Crippen MR) is 86.3 cm³/mol. The first-order chi connectivity index (χ1) is 10.5. The first kappa shape index (κ1) is 15.9. The summed E-state index contributed by atoms with van der Waals surface area (Å²) in [6, 6.07) is 0.169. The highest BCUT2D eigenvalue weighted by atomic mass is 16.5. The minimum atomic E-state index is -0.430. The number of hydrazone groups is 1. The van der Waals surface area contributed by atoms with Crippen LogP contribution in [-0.2, 0) is 4.74 Å². The molecule has 0 aliphatic heterocycles. The van der Waals surface area contributed by atoms with E-state index in [0.717, 1.165) is 11.1 Å². The summed E-state index contributed by atoms with van der Waals surface area (Å²) in [5.41, 5.74) is 5.40. The minimum absolute atomic E-state index is 0.169. The van der Waals surface area contributed by atoms with Crippen LogP contribution in [0.1, 0.15) is 51.0 Å². The van der Waals surface area contributed by atoms with E-state index in [-0.39, 0.29) is 6.04 Å². The van der Waals surface area contributed by atoms with Gasteiger partial charge in [-0.3, -0.25) is 5.43 Å². The molecule has 2 aromatic rings. The average Bonchev–Trinajstić information content (AvgIpc) is 2.88. The van der Waals surface area contributed by atoms with Gasteiger partial charge in [0.15, 0.2) is 5.65 Å². The van der Waals surface area contributed by atoms with Crippen molar-refractivity contribution >= 4 is 28.4 Å². The van der Waals surface area contributed by atoms with Crippen molar-refractivity contribution in [1.82, 2.24) is 14.8 Å². The normalized spacial score (nSPS) is 10.8. The number of ether oxygens (including phenoxy) is 1. The molecule has 1 N–H and O–H groups in total. The van der Waals surface area contributed by atoms with E-state index in [9.17, 15) is 4.79 Å². The van der Waals surface area contributed by atoms with Gasteiger partial charge in [0, 0.05) is 18.0 Å². The standard InChI is InChI=1S/C15H21N5O2/c1-6-22-15(21)12-7-16-14-11(8-17-20(14)10(4)5)13(12)19-18-9(2)3/h7-8,10H,6H2,1-5H3,(H,16,19). The first-order valence-electron chi connectivity index (χ1n) is 7.26. The number of anilines is 1. The van der Waals surface area contributed by atoms with Crippen molar-refractivity contribution in [2.75, 3.05) is 12.0 Å². The molecule has 0 aliphatic carbocycles. The number of nitrogens with one attached hydrogen (secondary N) is 1. The van der Waals surface area contributed by atoms with Crippen molar-refractivity contribution in [1.29, 1.82) is 0 Å². The van der Waals surface area contributed by atoms with E-state index in [4.69, 9.17) is 4.74 Å². The number of pyridine rings is 1. The maximum Gasteiger partial charge on any atom is 0.341 e. The molecule has 0 aliphatic rings.